The third kappa shape index (κ3) is 2.57. The average Bonchev–Trinajstić information content (AvgIpc) is 1.99. The number of rotatable bonds is 1. The number of carbonyl (C=O) groups is 1. The molecule has 0 aliphatic carbocycles. The van der Waals surface area contributed by atoms with E-state index in [1.54, 1.807) is 0 Å². The highest BCUT2D eigenvalue weighted by Gasteiger charge is 2.07. The minimum Gasteiger partial charge on any atom is -0.325 e. The second-order valence-electron chi connectivity index (χ2n) is 2.43. The van der Waals surface area contributed by atoms with Gasteiger partial charge < -0.3 is 5.32 Å². The highest BCUT2D eigenvalue weighted by molar-refractivity contribution is 6.36. The van der Waals surface area contributed by atoms with Gasteiger partial charge in [-0.2, -0.15) is 0 Å². The summed E-state index contributed by atoms with van der Waals surface area (Å²) >= 11 is 11.1. The van der Waals surface area contributed by atoms with Gasteiger partial charge in [0.1, 0.15) is 5.82 Å². The van der Waals surface area contributed by atoms with Crippen molar-refractivity contribution in [2.75, 3.05) is 5.32 Å². The predicted molar refractivity (Wildman–Crippen MR) is 50.7 cm³/mol. The lowest BCUT2D eigenvalue weighted by Crippen LogP contribution is -2.06. The Balaban J connectivity index is 3.08. The van der Waals surface area contributed by atoms with E-state index in [0.717, 1.165) is 6.07 Å². The zero-order valence-corrected chi connectivity index (χ0v) is 8.21. The third-order valence-corrected chi connectivity index (χ3v) is 1.92. The Labute approximate surface area is 84.6 Å². The first kappa shape index (κ1) is 10.3. The zero-order chi connectivity index (χ0) is 10.0. The topological polar surface area (TPSA) is 29.1 Å². The van der Waals surface area contributed by atoms with Crippen LogP contribution in [0, 0.1) is 5.82 Å². The highest BCUT2D eigenvalue weighted by atomic mass is 35.5. The number of hydrogen-bond donors (Lipinski definition) is 1. The van der Waals surface area contributed by atoms with Crippen LogP contribution in [0.5, 0.6) is 0 Å². The number of carbonyl (C=O) groups excluding carboxylic acids is 1. The van der Waals surface area contributed by atoms with Crippen molar-refractivity contribution < 1.29 is 9.18 Å². The summed E-state index contributed by atoms with van der Waals surface area (Å²) in [6.07, 6.45) is 0. The zero-order valence-electron chi connectivity index (χ0n) is 6.70. The van der Waals surface area contributed by atoms with Crippen LogP contribution in [0.1, 0.15) is 6.92 Å². The summed E-state index contributed by atoms with van der Waals surface area (Å²) in [5, 5.41) is 2.51. The van der Waals surface area contributed by atoms with Gasteiger partial charge in [0, 0.05) is 13.0 Å². The van der Waals surface area contributed by atoms with Crippen LogP contribution < -0.4 is 5.32 Å². The van der Waals surface area contributed by atoms with Crippen molar-refractivity contribution in [3.8, 4) is 0 Å². The molecule has 0 aliphatic rings. The van der Waals surface area contributed by atoms with E-state index in [4.69, 9.17) is 23.2 Å². The lowest BCUT2D eigenvalue weighted by atomic mass is 10.3. The third-order valence-electron chi connectivity index (χ3n) is 1.32. The molecule has 1 aromatic carbocycles. The molecule has 13 heavy (non-hydrogen) atoms. The summed E-state index contributed by atoms with van der Waals surface area (Å²) in [5.74, 6) is -0.932. The summed E-state index contributed by atoms with van der Waals surface area (Å²) in [6.45, 7) is 1.31. The van der Waals surface area contributed by atoms with Crippen molar-refractivity contribution in [2.24, 2.45) is 0 Å². The fourth-order valence-corrected chi connectivity index (χ4v) is 1.24. The van der Waals surface area contributed by atoms with Crippen LogP contribution in [-0.4, -0.2) is 5.91 Å². The Morgan fingerprint density at radius 3 is 2.54 bits per heavy atom. The number of halogens is 3. The minimum atomic E-state index is -0.616. The molecule has 70 valence electrons. The Morgan fingerprint density at radius 1 is 1.38 bits per heavy atom. The van der Waals surface area contributed by atoms with Crippen LogP contribution in [0.15, 0.2) is 12.1 Å². The second-order valence-corrected chi connectivity index (χ2v) is 3.24. The van der Waals surface area contributed by atoms with E-state index in [2.05, 4.69) is 5.32 Å². The summed E-state index contributed by atoms with van der Waals surface area (Å²) in [4.78, 5) is 10.6. The van der Waals surface area contributed by atoms with E-state index in [1.165, 1.54) is 13.0 Å². The van der Waals surface area contributed by atoms with Crippen LogP contribution in [0.4, 0.5) is 10.1 Å². The van der Waals surface area contributed by atoms with Crippen molar-refractivity contribution in [3.63, 3.8) is 0 Å². The van der Waals surface area contributed by atoms with E-state index in [9.17, 15) is 9.18 Å². The molecule has 1 aromatic rings. The predicted octanol–water partition coefficient (Wildman–Crippen LogP) is 3.09. The summed E-state index contributed by atoms with van der Waals surface area (Å²) < 4.78 is 12.9. The number of anilines is 1. The molecule has 0 bridgehead atoms. The molecule has 0 atom stereocenters. The van der Waals surface area contributed by atoms with E-state index in [0.29, 0.717) is 0 Å². The molecule has 0 spiro atoms. The molecular formula is C8H6Cl2FNO. The quantitative estimate of drug-likeness (QED) is 0.726. The van der Waals surface area contributed by atoms with E-state index in [-0.39, 0.29) is 21.6 Å². The molecule has 0 unspecified atom stereocenters. The Kier molecular flexibility index (Phi) is 3.12. The standard InChI is InChI=1S/C8H6Cl2FNO/c1-4(13)12-8-3-7(11)5(9)2-6(8)10/h2-3H,1H3,(H,12,13). The molecule has 5 heteroatoms. The SMILES string of the molecule is CC(=O)Nc1cc(F)c(Cl)cc1Cl. The molecule has 0 heterocycles. The summed E-state index contributed by atoms with van der Waals surface area (Å²) in [7, 11) is 0. The average molecular weight is 222 g/mol. The molecule has 1 rings (SSSR count). The van der Waals surface area contributed by atoms with Crippen molar-refractivity contribution in [1.82, 2.24) is 0 Å². The Hall–Kier alpha value is -0.800. The normalized spacial score (nSPS) is 9.85. The molecule has 1 N–H and O–H groups in total. The van der Waals surface area contributed by atoms with Gasteiger partial charge in [-0.3, -0.25) is 4.79 Å². The van der Waals surface area contributed by atoms with Gasteiger partial charge >= 0.3 is 0 Å². The van der Waals surface area contributed by atoms with Gasteiger partial charge in [-0.1, -0.05) is 23.2 Å². The summed E-state index contributed by atoms with van der Waals surface area (Å²) in [5.41, 5.74) is 0.219. The fraction of sp³-hybridized carbons (Fsp3) is 0.125. The summed E-state index contributed by atoms with van der Waals surface area (Å²) in [6, 6.07) is 2.32. The molecule has 0 saturated carbocycles. The maximum atomic E-state index is 12.9. The van der Waals surface area contributed by atoms with Gasteiger partial charge in [0.25, 0.3) is 0 Å². The number of benzene rings is 1. The lowest BCUT2D eigenvalue weighted by Gasteiger charge is -2.05. The second kappa shape index (κ2) is 3.94. The molecular weight excluding hydrogens is 216 g/mol. The van der Waals surface area contributed by atoms with Crippen LogP contribution >= 0.6 is 23.2 Å². The molecule has 0 fully saturated rings. The van der Waals surface area contributed by atoms with E-state index >= 15 is 0 Å². The Bertz CT molecular complexity index is 354. The lowest BCUT2D eigenvalue weighted by molar-refractivity contribution is -0.114. The Morgan fingerprint density at radius 2 is 2.00 bits per heavy atom. The molecule has 0 aromatic heterocycles. The first-order valence-corrected chi connectivity index (χ1v) is 4.18. The van der Waals surface area contributed by atoms with Gasteiger partial charge in [-0.15, -0.1) is 0 Å². The fourth-order valence-electron chi connectivity index (χ4n) is 0.808. The number of nitrogens with one attached hydrogen (secondary N) is 1. The first-order chi connectivity index (χ1) is 6.00. The van der Waals surface area contributed by atoms with Gasteiger partial charge in [0.05, 0.1) is 15.7 Å². The number of hydrogen-bond acceptors (Lipinski definition) is 1. The van der Waals surface area contributed by atoms with Gasteiger partial charge in [0.15, 0.2) is 0 Å². The van der Waals surface area contributed by atoms with Crippen LogP contribution in [-0.2, 0) is 4.79 Å². The van der Waals surface area contributed by atoms with Crippen molar-refractivity contribution in [2.45, 2.75) is 6.92 Å². The van der Waals surface area contributed by atoms with Crippen LogP contribution in [0.3, 0.4) is 0 Å². The maximum absolute atomic E-state index is 12.9. The maximum Gasteiger partial charge on any atom is 0.221 e. The minimum absolute atomic E-state index is 0.0703. The monoisotopic (exact) mass is 221 g/mol. The molecule has 2 nitrogen and oxygen atoms in total. The van der Waals surface area contributed by atoms with Gasteiger partial charge in [-0.05, 0) is 6.07 Å². The number of amides is 1. The van der Waals surface area contributed by atoms with Crippen molar-refractivity contribution in [1.29, 1.82) is 0 Å². The van der Waals surface area contributed by atoms with E-state index < -0.39 is 5.82 Å². The smallest absolute Gasteiger partial charge is 0.221 e. The molecule has 1 amide bonds. The van der Waals surface area contributed by atoms with Gasteiger partial charge in [0.2, 0.25) is 5.91 Å². The van der Waals surface area contributed by atoms with Crippen LogP contribution in [0.25, 0.3) is 0 Å². The van der Waals surface area contributed by atoms with Crippen molar-refractivity contribution >= 4 is 34.8 Å². The largest absolute Gasteiger partial charge is 0.325 e. The molecule has 0 radical (unpaired) electrons. The van der Waals surface area contributed by atoms with E-state index in [1.807, 2.05) is 0 Å². The highest BCUT2D eigenvalue weighted by Crippen LogP contribution is 2.27. The van der Waals surface area contributed by atoms with Crippen LogP contribution in [0.2, 0.25) is 10.0 Å². The van der Waals surface area contributed by atoms with Gasteiger partial charge in [-0.25, -0.2) is 4.39 Å². The van der Waals surface area contributed by atoms with Crippen molar-refractivity contribution in [3.05, 3.63) is 28.0 Å². The molecule has 0 aliphatic heterocycles. The first-order valence-electron chi connectivity index (χ1n) is 3.43. The molecule has 0 saturated heterocycles.